The summed E-state index contributed by atoms with van der Waals surface area (Å²) in [6, 6.07) is 6.82. The van der Waals surface area contributed by atoms with E-state index in [1.54, 1.807) is 12.1 Å². The maximum absolute atomic E-state index is 12.3. The van der Waals surface area contributed by atoms with Crippen molar-refractivity contribution >= 4 is 47.7 Å². The van der Waals surface area contributed by atoms with Crippen molar-refractivity contribution in [3.63, 3.8) is 0 Å². The number of aryl methyl sites for hydroxylation is 1. The first-order valence-electron chi connectivity index (χ1n) is 6.22. The Hall–Kier alpha value is -0.990. The van der Waals surface area contributed by atoms with Gasteiger partial charge in [0.05, 0.1) is 11.1 Å². The highest BCUT2D eigenvalue weighted by Crippen LogP contribution is 2.22. The highest BCUT2D eigenvalue weighted by atomic mass is 79.9. The number of aromatic nitrogens is 2. The van der Waals surface area contributed by atoms with E-state index in [-0.39, 0.29) is 10.7 Å². The van der Waals surface area contributed by atoms with Crippen LogP contribution in [0.5, 0.6) is 0 Å². The Labute approximate surface area is 140 Å². The largest absolute Gasteiger partial charge is 0.263 e. The monoisotopic (exact) mass is 433 g/mol. The van der Waals surface area contributed by atoms with Crippen LogP contribution < -0.4 is 4.72 Å². The van der Waals surface area contributed by atoms with E-state index in [4.69, 9.17) is 0 Å². The number of anilines is 1. The van der Waals surface area contributed by atoms with Crippen LogP contribution in [0.25, 0.3) is 0 Å². The third kappa shape index (κ3) is 4.24. The minimum absolute atomic E-state index is 0.149. The van der Waals surface area contributed by atoms with Crippen LogP contribution in [0.3, 0.4) is 0 Å². The number of halogens is 2. The first kappa shape index (κ1) is 16.4. The number of nitrogens with one attached hydrogen (secondary N) is 1. The Morgan fingerprint density at radius 2 is 1.86 bits per heavy atom. The van der Waals surface area contributed by atoms with Gasteiger partial charge in [-0.2, -0.15) is 0 Å². The molecule has 0 spiro atoms. The zero-order chi connectivity index (χ0) is 15.5. The summed E-state index contributed by atoms with van der Waals surface area (Å²) in [6.45, 7) is 2.08. The van der Waals surface area contributed by atoms with Gasteiger partial charge >= 0.3 is 0 Å². The molecule has 1 N–H and O–H groups in total. The van der Waals surface area contributed by atoms with E-state index in [1.165, 1.54) is 6.20 Å². The van der Waals surface area contributed by atoms with Gasteiger partial charge in [0.25, 0.3) is 10.0 Å². The molecule has 0 bridgehead atoms. The molecule has 1 heterocycles. The lowest BCUT2D eigenvalue weighted by Crippen LogP contribution is -2.14. The van der Waals surface area contributed by atoms with E-state index in [9.17, 15) is 8.42 Å². The summed E-state index contributed by atoms with van der Waals surface area (Å²) in [5.74, 6) is 0.149. The van der Waals surface area contributed by atoms with Crippen molar-refractivity contribution < 1.29 is 8.42 Å². The lowest BCUT2D eigenvalue weighted by atomic mass is 10.1. The van der Waals surface area contributed by atoms with E-state index >= 15 is 0 Å². The minimum atomic E-state index is -3.68. The fourth-order valence-corrected chi connectivity index (χ4v) is 3.78. The standard InChI is InChI=1S/C13H13Br2N3O2S/c1-2-3-9-4-6-10(7-5-9)21(19,20)18-13-12(15)17-11(14)8-16-13/h4-8H,2-3H2,1H3,(H,16,18). The second kappa shape index (κ2) is 6.85. The Balaban J connectivity index is 2.25. The highest BCUT2D eigenvalue weighted by molar-refractivity contribution is 9.11. The van der Waals surface area contributed by atoms with Gasteiger partial charge in [-0.05, 0) is 56.0 Å². The summed E-state index contributed by atoms with van der Waals surface area (Å²) in [7, 11) is -3.68. The van der Waals surface area contributed by atoms with Crippen molar-refractivity contribution in [3.8, 4) is 0 Å². The zero-order valence-electron chi connectivity index (χ0n) is 11.2. The maximum atomic E-state index is 12.3. The lowest BCUT2D eigenvalue weighted by Gasteiger charge is -2.09. The molecule has 0 atom stereocenters. The predicted octanol–water partition coefficient (Wildman–Crippen LogP) is 3.75. The fourth-order valence-electron chi connectivity index (χ4n) is 1.73. The van der Waals surface area contributed by atoms with Crippen molar-refractivity contribution in [2.45, 2.75) is 24.7 Å². The van der Waals surface area contributed by atoms with Crippen LogP contribution in [0.2, 0.25) is 0 Å². The van der Waals surface area contributed by atoms with Crippen molar-refractivity contribution in [2.75, 3.05) is 4.72 Å². The fraction of sp³-hybridized carbons (Fsp3) is 0.231. The van der Waals surface area contributed by atoms with Crippen molar-refractivity contribution in [3.05, 3.63) is 45.2 Å². The minimum Gasteiger partial charge on any atom is -0.261 e. The molecule has 21 heavy (non-hydrogen) atoms. The van der Waals surface area contributed by atoms with Gasteiger partial charge in [-0.3, -0.25) is 4.72 Å². The second-order valence-electron chi connectivity index (χ2n) is 4.33. The predicted molar refractivity (Wildman–Crippen MR) is 88.7 cm³/mol. The van der Waals surface area contributed by atoms with Crippen molar-refractivity contribution in [1.29, 1.82) is 0 Å². The van der Waals surface area contributed by atoms with Gasteiger partial charge in [0.1, 0.15) is 4.60 Å². The molecule has 0 fully saturated rings. The number of sulfonamides is 1. The van der Waals surface area contributed by atoms with Gasteiger partial charge in [0.2, 0.25) is 0 Å². The number of benzene rings is 1. The van der Waals surface area contributed by atoms with Crippen LogP contribution >= 0.6 is 31.9 Å². The molecule has 0 amide bonds. The first-order chi connectivity index (χ1) is 9.92. The van der Waals surface area contributed by atoms with E-state index in [0.717, 1.165) is 18.4 Å². The van der Waals surface area contributed by atoms with Gasteiger partial charge in [0.15, 0.2) is 10.4 Å². The van der Waals surface area contributed by atoms with E-state index < -0.39 is 10.0 Å². The molecule has 5 nitrogen and oxygen atoms in total. The average Bonchev–Trinajstić information content (AvgIpc) is 2.43. The Bertz CT molecular complexity index is 734. The number of hydrogen-bond acceptors (Lipinski definition) is 4. The van der Waals surface area contributed by atoms with Crippen LogP contribution in [0, 0.1) is 0 Å². The van der Waals surface area contributed by atoms with Crippen molar-refractivity contribution in [2.24, 2.45) is 0 Å². The van der Waals surface area contributed by atoms with Crippen LogP contribution in [-0.2, 0) is 16.4 Å². The van der Waals surface area contributed by atoms with Crippen LogP contribution in [0.15, 0.2) is 44.6 Å². The quantitative estimate of drug-likeness (QED) is 0.777. The number of rotatable bonds is 5. The molecule has 112 valence electrons. The molecule has 0 saturated carbocycles. The van der Waals surface area contributed by atoms with Gasteiger partial charge in [0, 0.05) is 0 Å². The van der Waals surface area contributed by atoms with Gasteiger partial charge < -0.3 is 0 Å². The van der Waals surface area contributed by atoms with Crippen LogP contribution in [0.1, 0.15) is 18.9 Å². The molecule has 0 aliphatic heterocycles. The maximum Gasteiger partial charge on any atom is 0.263 e. The van der Waals surface area contributed by atoms with Gasteiger partial charge in [-0.15, -0.1) is 0 Å². The molecular formula is C13H13Br2N3O2S. The Morgan fingerprint density at radius 1 is 1.19 bits per heavy atom. The summed E-state index contributed by atoms with van der Waals surface area (Å²) < 4.78 is 27.8. The highest BCUT2D eigenvalue weighted by Gasteiger charge is 2.17. The van der Waals surface area contributed by atoms with Crippen LogP contribution in [-0.4, -0.2) is 18.4 Å². The molecule has 0 saturated heterocycles. The topological polar surface area (TPSA) is 72.0 Å². The van der Waals surface area contributed by atoms with E-state index in [0.29, 0.717) is 9.21 Å². The summed E-state index contributed by atoms with van der Waals surface area (Å²) in [5.41, 5.74) is 1.11. The van der Waals surface area contributed by atoms with E-state index in [2.05, 4.69) is 53.5 Å². The molecular weight excluding hydrogens is 422 g/mol. The number of nitrogens with zero attached hydrogens (tertiary/aromatic N) is 2. The smallest absolute Gasteiger partial charge is 0.261 e. The molecule has 2 rings (SSSR count). The molecule has 8 heteroatoms. The molecule has 0 radical (unpaired) electrons. The zero-order valence-corrected chi connectivity index (χ0v) is 15.2. The molecule has 0 aliphatic carbocycles. The van der Waals surface area contributed by atoms with Gasteiger partial charge in [-0.25, -0.2) is 18.4 Å². The normalized spacial score (nSPS) is 11.4. The molecule has 0 unspecified atom stereocenters. The third-order valence-corrected chi connectivity index (χ3v) is 4.99. The van der Waals surface area contributed by atoms with Crippen LogP contribution in [0.4, 0.5) is 5.82 Å². The summed E-state index contributed by atoms with van der Waals surface area (Å²) >= 11 is 6.34. The summed E-state index contributed by atoms with van der Waals surface area (Å²) in [5, 5.41) is 0. The molecule has 2 aromatic rings. The third-order valence-electron chi connectivity index (χ3n) is 2.70. The second-order valence-corrected chi connectivity index (χ2v) is 7.58. The Kier molecular flexibility index (Phi) is 5.34. The SMILES string of the molecule is CCCc1ccc(S(=O)(=O)Nc2ncc(Br)nc2Br)cc1. The summed E-state index contributed by atoms with van der Waals surface area (Å²) in [6.07, 6.45) is 3.37. The molecule has 1 aromatic carbocycles. The van der Waals surface area contributed by atoms with E-state index in [1.807, 2.05) is 12.1 Å². The summed E-state index contributed by atoms with van der Waals surface area (Å²) in [4.78, 5) is 8.22. The van der Waals surface area contributed by atoms with Crippen molar-refractivity contribution in [1.82, 2.24) is 9.97 Å². The van der Waals surface area contributed by atoms with Gasteiger partial charge in [-0.1, -0.05) is 25.5 Å². The average molecular weight is 435 g/mol. The molecule has 1 aromatic heterocycles. The number of hydrogen-bond donors (Lipinski definition) is 1. The molecule has 0 aliphatic rings. The first-order valence-corrected chi connectivity index (χ1v) is 9.29. The Morgan fingerprint density at radius 3 is 2.43 bits per heavy atom. The lowest BCUT2D eigenvalue weighted by molar-refractivity contribution is 0.601.